The molecule has 0 atom stereocenters. The maximum atomic E-state index is 11.5. The topological polar surface area (TPSA) is 588 Å². The fourth-order valence-electron chi connectivity index (χ4n) is 7.75. The number of hydrazone groups is 1. The number of carbonyl (C=O) groups is 5. The summed E-state index contributed by atoms with van der Waals surface area (Å²) in [6.07, 6.45) is 3.54. The van der Waals surface area contributed by atoms with Crippen LogP contribution in [0.2, 0.25) is 0 Å². The van der Waals surface area contributed by atoms with Crippen molar-refractivity contribution in [1.82, 2.24) is 100 Å². The molecule has 0 radical (unpaired) electrons. The molecule has 0 saturated heterocycles. The molecule has 37 nitrogen and oxygen atoms in total. The summed E-state index contributed by atoms with van der Waals surface area (Å²) < 4.78 is 9.00. The van der Waals surface area contributed by atoms with Gasteiger partial charge in [-0.1, -0.05) is 6.08 Å². The second-order valence-electron chi connectivity index (χ2n) is 25.8. The molecule has 44 heteroatoms. The SMILES string of the molecule is C/C=C(\C)C(=O)OCC.CC(=O)C(C)=O.CCOC(=O)C(C)=O.CO.Cc1[nH]c([C-](C)C)nc1-c1ncc(C)c(=O)[nH]1.Cc1[nH]c([C-](C)C)nc1-c1nnc(C)c(=O)[nH]1.Cc1[nH]c([C-](C)C)nc1C(=N)N.Cc1[nH]c([C-](C)C)nc1C(N)=NN.Cc1nc([C-](C)C)[nH]c1C.Cc1nnc(-c2nc([C-](C)C)[nH]c2C)nc1C.Cl.O=C=O.[2HH].[2HH].[2HH].[CH3-].[CH3-].[CH3-].[CH3-].[CH3-].[CH3-].[W+2].[W+2].[W+2].[W+2].[W+2].[W+2]. The van der Waals surface area contributed by atoms with Crippen LogP contribution in [-0.2, 0) is 169 Å². The number of Topliss-reactive ketones (excluding diaryl/α,β-unsaturated/α-hetero) is 3. The van der Waals surface area contributed by atoms with Gasteiger partial charge in [0.15, 0.2) is 29.1 Å². The van der Waals surface area contributed by atoms with Crippen molar-refractivity contribution in [3.63, 3.8) is 0 Å². The number of allylic oxidation sites excluding steroid dienone is 1. The van der Waals surface area contributed by atoms with Crippen molar-refractivity contribution in [2.75, 3.05) is 20.3 Å². The van der Waals surface area contributed by atoms with Gasteiger partial charge in [-0.25, -0.2) is 19.6 Å². The van der Waals surface area contributed by atoms with Gasteiger partial charge in [0.2, 0.25) is 11.6 Å². The standard InChI is InChI=1S/C12H16N5.C12H15N4O.C11H14N5O.C8H14N5.C8H13N4.C8H13N2.C7H12O2.C5H8O3.C4H6O2.CO2.CH4O.6CH3.ClH.6W.3H2/c1-6(2)11-14-9(5)10(15-11)12-13-7(3)8(4)16-17-12;1-6(2)10-14-8(4)9(15-10)11-13-5-7(3)12(17)16-11;1-5(2)9-12-6(3)8(13-9)10-14-11(17)7(4)15-16-10;1-4(2)8-11-5(3)6(12-8)7(9)13-10;1-4(2)8-11-5(3)6(12-8)7(9)10;1-5(2)8-9-6(3)7(4)10-8;1-4-6(3)7(8)9-5-2;1-3-8-5(7)4(2)6;1-3(5)4(2)6;2-1-3;1-2;;;;;;;;;;;;;;;;/h1-5H3,(H,14,15);5H,1-4H3,(H,14,15)(H,13,16,17);1-4H3,(H,12,13)(H,14,16,17);10H2,1-3H3,(H2,9,13)(H,11,12);1-3H3,(H3,9,10)(H,11,12);1-4H3,(H,9,10);4H,5H2,1-3H3;3H2,1-2H3;1-2H3;;2H,1H3;6*1H3;1H;;;;;;;3*1H/q6*-1;;;;;;6*-1;;6*+2;;;/b;;;;;;6-4+;;;;;;;;;;;;;;;;;;;;/i;;;;;;;;;;;;;;;;;;;;;;;;3*1+1. The first-order valence-electron chi connectivity index (χ1n) is 35.3. The van der Waals surface area contributed by atoms with Gasteiger partial charge in [0.1, 0.15) is 40.0 Å². The number of nitrogens with zero attached hydrogens (tertiary/aromatic N) is 13. The van der Waals surface area contributed by atoms with Crippen LogP contribution in [0.5, 0.6) is 0 Å². The molecule has 0 aromatic carbocycles. The molecule has 0 amide bonds. The van der Waals surface area contributed by atoms with E-state index in [0.717, 1.165) is 129 Å². The molecule has 9 heterocycles. The number of nitrogens with two attached hydrogens (primary N) is 3. The summed E-state index contributed by atoms with van der Waals surface area (Å²) in [5.41, 5.74) is 23.8. The maximum absolute atomic E-state index is 11.5. The van der Waals surface area contributed by atoms with Gasteiger partial charge in [0, 0.05) is 83.7 Å². The molecule has 0 aliphatic carbocycles. The third-order valence-corrected chi connectivity index (χ3v) is 14.7. The number of esters is 2. The summed E-state index contributed by atoms with van der Waals surface area (Å²) in [7, 11) is 1.00. The molecule has 9 aromatic heterocycles. The van der Waals surface area contributed by atoms with E-state index in [-0.39, 0.29) is 241 Å². The van der Waals surface area contributed by atoms with Crippen molar-refractivity contribution >= 4 is 59.5 Å². The Morgan fingerprint density at radius 1 is 0.449 bits per heavy atom. The fourth-order valence-corrected chi connectivity index (χ4v) is 7.75. The van der Waals surface area contributed by atoms with Crippen LogP contribution in [0.15, 0.2) is 32.5 Å². The Balaban J connectivity index is -0.0000000673. The molecule has 127 heavy (non-hydrogen) atoms. The van der Waals surface area contributed by atoms with Gasteiger partial charge in [-0.05, 0) is 139 Å². The Morgan fingerprint density at radius 3 is 1.06 bits per heavy atom. The Labute approximate surface area is 849 Å². The zero-order valence-corrected chi connectivity index (χ0v) is 98.8. The van der Waals surface area contributed by atoms with E-state index in [1.165, 1.54) is 26.7 Å². The van der Waals surface area contributed by atoms with Crippen molar-refractivity contribution in [3.05, 3.63) is 227 Å². The van der Waals surface area contributed by atoms with Crippen molar-refractivity contribution in [1.29, 1.82) is 5.41 Å². The zero-order chi connectivity index (χ0) is 88.5. The van der Waals surface area contributed by atoms with E-state index in [1.807, 2.05) is 138 Å². The van der Waals surface area contributed by atoms with Gasteiger partial charge in [-0.2, -0.15) is 103 Å². The first kappa shape index (κ1) is 153. The Hall–Kier alpha value is -8.63. The normalized spacial score (nSPS) is 8.98. The molecule has 16 N–H and O–H groups in total. The van der Waals surface area contributed by atoms with Crippen LogP contribution >= 0.6 is 12.4 Å². The number of aliphatic hydroxyl groups excluding tert-OH is 1. The number of aliphatic hydroxyl groups is 1. The molecule has 0 bridgehead atoms. The second-order valence-corrected chi connectivity index (χ2v) is 25.8. The van der Waals surface area contributed by atoms with Crippen LogP contribution in [0.4, 0.5) is 0 Å². The summed E-state index contributed by atoms with van der Waals surface area (Å²) in [4.78, 5) is 149. The third-order valence-electron chi connectivity index (χ3n) is 14.7. The number of imidazole rings is 6. The number of H-pyrrole nitrogens is 8. The van der Waals surface area contributed by atoms with E-state index in [1.54, 1.807) is 46.9 Å². The molecule has 0 aliphatic rings. The molecule has 712 valence electrons. The van der Waals surface area contributed by atoms with Crippen LogP contribution < -0.4 is 28.4 Å². The van der Waals surface area contributed by atoms with Crippen LogP contribution in [0, 0.1) is 162 Å². The number of aromatic nitrogens is 20. The Morgan fingerprint density at radius 2 is 0.772 bits per heavy atom. The molecule has 9 rings (SSSR count). The molecule has 0 unspecified atom stereocenters. The Bertz CT molecular complexity index is 4680. The number of ether oxygens (including phenoxy) is 2. The number of aromatic amines is 8. The molecule has 0 saturated carbocycles. The number of nitrogen functional groups attached to an aromatic ring is 1. The zero-order valence-electron chi connectivity index (χ0n) is 80.4. The molecule has 0 spiro atoms. The van der Waals surface area contributed by atoms with Crippen LogP contribution in [-0.4, -0.2) is 173 Å². The van der Waals surface area contributed by atoms with Gasteiger partial charge < -0.3 is 152 Å². The summed E-state index contributed by atoms with van der Waals surface area (Å²) in [5.74, 6) is 16.3. The summed E-state index contributed by atoms with van der Waals surface area (Å²) in [5, 5.41) is 33.5. The molecule has 0 fully saturated rings. The number of nitrogens with one attached hydrogen (secondary N) is 9. The molecular formula is C83H140ClN25O12W6. The average molecular weight is 2820 g/mol. The van der Waals surface area contributed by atoms with Crippen LogP contribution in [0.25, 0.3) is 34.6 Å². The van der Waals surface area contributed by atoms with E-state index in [9.17, 15) is 33.6 Å². The summed E-state index contributed by atoms with van der Waals surface area (Å²) in [6, 6.07) is 0. The number of aryl methyl sites for hydroxylation is 11. The first-order chi connectivity index (χ1) is 53.1. The minimum absolute atomic E-state index is 0. The number of amidine groups is 2. The monoisotopic (exact) mass is 2820 g/mol. The second kappa shape index (κ2) is 78.4. The van der Waals surface area contributed by atoms with Crippen molar-refractivity contribution in [3.8, 4) is 34.6 Å². The molecular weight excluding hydrogens is 2680 g/mol. The van der Waals surface area contributed by atoms with Crippen molar-refractivity contribution in [2.24, 2.45) is 22.4 Å². The van der Waals surface area contributed by atoms with Crippen molar-refractivity contribution < 1.29 is 179 Å². The van der Waals surface area contributed by atoms with Crippen LogP contribution in [0.3, 0.4) is 0 Å². The number of ketones is 3. The van der Waals surface area contributed by atoms with Gasteiger partial charge in [0.05, 0.1) is 30.3 Å². The number of rotatable bonds is 16. The number of halogens is 1. The fraction of sp³-hybridized carbons (Fsp3) is 0.398. The Kier molecular flexibility index (Phi) is 94.2. The number of carbonyl (C=O) groups excluding carboxylic acids is 7. The molecule has 9 aromatic rings. The maximum Gasteiger partial charge on any atom is 2.00 e. The van der Waals surface area contributed by atoms with E-state index in [0.29, 0.717) is 63.7 Å². The predicted octanol–water partition coefficient (Wildman–Crippen LogP) is 12.9. The molecule has 0 aliphatic heterocycles. The predicted molar refractivity (Wildman–Crippen MR) is 486 cm³/mol. The number of hydrogen-bond acceptors (Lipinski definition) is 27. The third kappa shape index (κ3) is 55.1. The quantitative estimate of drug-likeness (QED) is 0.00624. The van der Waals surface area contributed by atoms with E-state index in [2.05, 4.69) is 129 Å². The van der Waals surface area contributed by atoms with Gasteiger partial charge >= 0.3 is 144 Å². The van der Waals surface area contributed by atoms with Crippen molar-refractivity contribution in [2.45, 2.75) is 208 Å². The van der Waals surface area contributed by atoms with Crippen LogP contribution in [0.1, 0.15) is 245 Å². The number of hydrogen-bond donors (Lipinski definition) is 13. The summed E-state index contributed by atoms with van der Waals surface area (Å²) in [6.45, 7) is 56.0. The van der Waals surface area contributed by atoms with E-state index in [4.69, 9.17) is 37.4 Å². The van der Waals surface area contributed by atoms with Gasteiger partial charge in [0.25, 0.3) is 11.1 Å². The minimum atomic E-state index is -0.757. The first-order valence-corrected chi connectivity index (χ1v) is 35.3. The largest absolute Gasteiger partial charge is 2.00 e. The van der Waals surface area contributed by atoms with Gasteiger partial charge in [-0.3, -0.25) is 59.3 Å². The van der Waals surface area contributed by atoms with E-state index < -0.39 is 11.8 Å². The minimum Gasteiger partial charge on any atom is -0.463 e. The average Bonchev–Trinajstić information content (AvgIpc) is 1.68. The van der Waals surface area contributed by atoms with E-state index >= 15 is 0 Å². The van der Waals surface area contributed by atoms with Gasteiger partial charge in [-0.15, -0.1) is 27.7 Å². The summed E-state index contributed by atoms with van der Waals surface area (Å²) >= 11 is 0. The smallest absolute Gasteiger partial charge is 0.463 e.